The number of nitrogens with zero attached hydrogens (tertiary/aromatic N) is 2. The summed E-state index contributed by atoms with van der Waals surface area (Å²) in [6.45, 7) is -0.256. The van der Waals surface area contributed by atoms with Gasteiger partial charge in [0.15, 0.2) is 5.78 Å². The first-order chi connectivity index (χ1) is 8.97. The highest BCUT2D eigenvalue weighted by Crippen LogP contribution is 1.87. The summed E-state index contributed by atoms with van der Waals surface area (Å²) < 4.78 is 22.6. The SMILES string of the molecule is [2H]c1nc([2H])n(C(=O)C=CNCC(=O)CCO)c1[2H]. The van der Waals surface area contributed by atoms with Crippen LogP contribution in [0, 0.1) is 0 Å². The number of aromatic nitrogens is 2. The Hall–Kier alpha value is -1.95. The summed E-state index contributed by atoms with van der Waals surface area (Å²) >= 11 is 0. The van der Waals surface area contributed by atoms with Crippen molar-refractivity contribution in [2.45, 2.75) is 6.42 Å². The number of carbonyl (C=O) groups excluding carboxylic acids is 2. The number of aliphatic hydroxyl groups excluding tert-OH is 1. The zero-order chi connectivity index (χ0) is 14.4. The first-order valence-corrected chi connectivity index (χ1v) is 4.56. The molecule has 0 aliphatic heterocycles. The van der Waals surface area contributed by atoms with E-state index in [4.69, 9.17) is 9.22 Å². The van der Waals surface area contributed by atoms with Gasteiger partial charge in [-0.3, -0.25) is 14.2 Å². The molecule has 1 aromatic heterocycles. The van der Waals surface area contributed by atoms with E-state index in [9.17, 15) is 9.59 Å². The number of carbonyl (C=O) groups is 2. The molecule has 6 heteroatoms. The molecular weight excluding hydrogens is 210 g/mol. The molecule has 0 aliphatic rings. The fourth-order valence-corrected chi connectivity index (χ4v) is 0.870. The maximum absolute atomic E-state index is 11.6. The number of allylic oxidation sites excluding steroid dienone is 1. The van der Waals surface area contributed by atoms with Crippen molar-refractivity contribution in [1.82, 2.24) is 14.9 Å². The second-order valence-corrected chi connectivity index (χ2v) is 2.84. The number of imidazole rings is 1. The van der Waals surface area contributed by atoms with Crippen molar-refractivity contribution >= 4 is 11.7 Å². The van der Waals surface area contributed by atoms with Gasteiger partial charge in [0, 0.05) is 31.0 Å². The minimum atomic E-state index is -0.705. The maximum atomic E-state index is 11.6. The Labute approximate surface area is 96.8 Å². The quantitative estimate of drug-likeness (QED) is 0.643. The number of nitrogens with one attached hydrogen (secondary N) is 1. The van der Waals surface area contributed by atoms with Gasteiger partial charge in [-0.25, -0.2) is 4.98 Å². The second-order valence-electron chi connectivity index (χ2n) is 2.84. The molecular formula is C10H13N3O3. The predicted octanol–water partition coefficient (Wildman–Crippen LogP) is -0.422. The summed E-state index contributed by atoms with van der Waals surface area (Å²) in [5, 5.41) is 11.1. The van der Waals surface area contributed by atoms with Gasteiger partial charge in [0.2, 0.25) is 0 Å². The molecule has 0 unspecified atom stereocenters. The summed E-state index contributed by atoms with van der Waals surface area (Å²) in [6, 6.07) is 0. The van der Waals surface area contributed by atoms with Crippen molar-refractivity contribution < 1.29 is 18.8 Å². The zero-order valence-corrected chi connectivity index (χ0v) is 8.43. The van der Waals surface area contributed by atoms with Crippen molar-refractivity contribution in [1.29, 1.82) is 0 Å². The van der Waals surface area contributed by atoms with Crippen LogP contribution < -0.4 is 5.32 Å². The molecule has 0 aromatic carbocycles. The van der Waals surface area contributed by atoms with Crippen molar-refractivity contribution in [3.8, 4) is 0 Å². The molecule has 0 atom stereocenters. The van der Waals surface area contributed by atoms with E-state index in [0.29, 0.717) is 4.57 Å². The lowest BCUT2D eigenvalue weighted by Crippen LogP contribution is -2.19. The van der Waals surface area contributed by atoms with Crippen molar-refractivity contribution in [2.24, 2.45) is 0 Å². The Morgan fingerprint density at radius 1 is 1.62 bits per heavy atom. The Bertz CT molecular complexity index is 514. The number of aliphatic hydroxyl groups is 1. The molecule has 0 saturated carbocycles. The van der Waals surface area contributed by atoms with Gasteiger partial charge in [-0.15, -0.1) is 0 Å². The summed E-state index contributed by atoms with van der Waals surface area (Å²) in [5.41, 5.74) is 0. The molecule has 1 rings (SSSR count). The van der Waals surface area contributed by atoms with E-state index in [-0.39, 0.29) is 25.4 Å². The van der Waals surface area contributed by atoms with Gasteiger partial charge in [-0.1, -0.05) is 0 Å². The van der Waals surface area contributed by atoms with E-state index >= 15 is 0 Å². The molecule has 0 bridgehead atoms. The molecule has 0 fully saturated rings. The van der Waals surface area contributed by atoms with Gasteiger partial charge in [-0.2, -0.15) is 0 Å². The highest BCUT2D eigenvalue weighted by Gasteiger charge is 1.99. The van der Waals surface area contributed by atoms with E-state index in [1.807, 2.05) is 0 Å². The first-order valence-electron chi connectivity index (χ1n) is 6.06. The number of ketones is 1. The molecule has 6 nitrogen and oxygen atoms in total. The fraction of sp³-hybridized carbons (Fsp3) is 0.300. The fourth-order valence-electron chi connectivity index (χ4n) is 0.870. The van der Waals surface area contributed by atoms with Crippen LogP contribution in [0.4, 0.5) is 0 Å². The minimum absolute atomic E-state index is 0.0283. The van der Waals surface area contributed by atoms with E-state index in [0.717, 1.165) is 6.08 Å². The summed E-state index contributed by atoms with van der Waals surface area (Å²) in [5.74, 6) is -0.916. The van der Waals surface area contributed by atoms with Gasteiger partial charge >= 0.3 is 0 Å². The van der Waals surface area contributed by atoms with Gasteiger partial charge in [0.05, 0.1) is 15.9 Å². The molecule has 0 aliphatic carbocycles. The van der Waals surface area contributed by atoms with E-state index < -0.39 is 24.6 Å². The van der Waals surface area contributed by atoms with Crippen LogP contribution in [-0.4, -0.2) is 39.5 Å². The third-order valence-electron chi connectivity index (χ3n) is 1.62. The van der Waals surface area contributed by atoms with Crippen LogP contribution in [0.1, 0.15) is 15.3 Å². The third kappa shape index (κ3) is 4.05. The maximum Gasteiger partial charge on any atom is 0.257 e. The number of rotatable bonds is 6. The standard InChI is InChI=1S/C10H13N3O3/c14-6-2-9(15)7-11-3-1-10(16)13-5-4-12-8-13/h1,3-5,8,11,14H,2,6-7H2/i4D,5D,8D. The summed E-state index contributed by atoms with van der Waals surface area (Å²) in [4.78, 5) is 26.0. The Balaban J connectivity index is 2.58. The van der Waals surface area contributed by atoms with Gasteiger partial charge in [0.1, 0.15) is 7.67 Å². The van der Waals surface area contributed by atoms with Crippen LogP contribution in [-0.2, 0) is 4.79 Å². The van der Waals surface area contributed by atoms with Crippen molar-refractivity contribution in [3.63, 3.8) is 0 Å². The number of hydrogen-bond acceptors (Lipinski definition) is 5. The van der Waals surface area contributed by atoms with Crippen LogP contribution in [0.2, 0.25) is 0 Å². The zero-order valence-electron chi connectivity index (χ0n) is 11.4. The normalized spacial score (nSPS) is 13.2. The van der Waals surface area contributed by atoms with Gasteiger partial charge < -0.3 is 10.4 Å². The van der Waals surface area contributed by atoms with E-state index in [1.165, 1.54) is 6.20 Å². The molecule has 0 radical (unpaired) electrons. The first kappa shape index (κ1) is 8.23. The average molecular weight is 226 g/mol. The smallest absolute Gasteiger partial charge is 0.257 e. The lowest BCUT2D eigenvalue weighted by molar-refractivity contribution is -0.118. The monoisotopic (exact) mass is 226 g/mol. The Morgan fingerprint density at radius 3 is 3.06 bits per heavy atom. The molecule has 0 spiro atoms. The topological polar surface area (TPSA) is 84.2 Å². The molecule has 1 aromatic rings. The molecule has 0 saturated heterocycles. The molecule has 0 amide bonds. The third-order valence-corrected chi connectivity index (χ3v) is 1.62. The lowest BCUT2D eigenvalue weighted by Gasteiger charge is -1.98. The van der Waals surface area contributed by atoms with Crippen molar-refractivity contribution in [3.05, 3.63) is 30.9 Å². The highest BCUT2D eigenvalue weighted by atomic mass is 16.3. The second kappa shape index (κ2) is 6.52. The van der Waals surface area contributed by atoms with Crippen LogP contribution in [0.5, 0.6) is 0 Å². The Kier molecular flexibility index (Phi) is 3.35. The highest BCUT2D eigenvalue weighted by molar-refractivity contribution is 5.89. The predicted molar refractivity (Wildman–Crippen MR) is 56.7 cm³/mol. The van der Waals surface area contributed by atoms with Crippen LogP contribution >= 0.6 is 0 Å². The lowest BCUT2D eigenvalue weighted by atomic mass is 10.3. The molecule has 86 valence electrons. The Morgan fingerprint density at radius 2 is 2.44 bits per heavy atom. The van der Waals surface area contributed by atoms with E-state index in [1.54, 1.807) is 0 Å². The molecule has 16 heavy (non-hydrogen) atoms. The average Bonchev–Trinajstić information content (AvgIpc) is 2.59. The molecule has 1 heterocycles. The minimum Gasteiger partial charge on any atom is -0.396 e. The largest absolute Gasteiger partial charge is 0.396 e. The van der Waals surface area contributed by atoms with Crippen LogP contribution in [0.25, 0.3) is 0 Å². The van der Waals surface area contributed by atoms with Crippen LogP contribution in [0.3, 0.4) is 0 Å². The summed E-state index contributed by atoms with van der Waals surface area (Å²) in [6.07, 6.45) is 0.880. The molecule has 2 N–H and O–H groups in total. The van der Waals surface area contributed by atoms with E-state index in [2.05, 4.69) is 10.3 Å². The van der Waals surface area contributed by atoms with Gasteiger partial charge in [-0.05, 0) is 0 Å². The number of hydrogen-bond donors (Lipinski definition) is 2. The van der Waals surface area contributed by atoms with Crippen LogP contribution in [0.15, 0.2) is 30.9 Å². The van der Waals surface area contributed by atoms with Gasteiger partial charge in [0.25, 0.3) is 5.91 Å². The summed E-state index contributed by atoms with van der Waals surface area (Å²) in [7, 11) is 0. The number of Topliss-reactive ketones (excluding diaryl/α,β-unsaturated/α-hetero) is 1. The van der Waals surface area contributed by atoms with Crippen molar-refractivity contribution in [2.75, 3.05) is 13.2 Å².